The van der Waals surface area contributed by atoms with Gasteiger partial charge in [-0.25, -0.2) is 4.79 Å². The molecule has 1 atom stereocenters. The summed E-state index contributed by atoms with van der Waals surface area (Å²) in [6, 6.07) is 8.99. The van der Waals surface area contributed by atoms with E-state index < -0.39 is 17.7 Å². The van der Waals surface area contributed by atoms with E-state index in [4.69, 9.17) is 21.1 Å². The molecule has 0 spiro atoms. The van der Waals surface area contributed by atoms with Crippen molar-refractivity contribution >= 4 is 28.3 Å². The summed E-state index contributed by atoms with van der Waals surface area (Å²) in [5, 5.41) is 11.7. The lowest BCUT2D eigenvalue weighted by atomic mass is 9.88. The van der Waals surface area contributed by atoms with Gasteiger partial charge >= 0.3 is 5.97 Å². The second-order valence-corrected chi connectivity index (χ2v) is 9.87. The summed E-state index contributed by atoms with van der Waals surface area (Å²) in [4.78, 5) is 25.8. The van der Waals surface area contributed by atoms with Crippen LogP contribution in [0.5, 0.6) is 5.75 Å². The van der Waals surface area contributed by atoms with Gasteiger partial charge in [-0.3, -0.25) is 4.79 Å². The highest BCUT2D eigenvalue weighted by Gasteiger charge is 2.33. The average molecular weight is 470 g/mol. The van der Waals surface area contributed by atoms with Crippen molar-refractivity contribution in [1.29, 1.82) is 0 Å². The third kappa shape index (κ3) is 4.25. The predicted octanol–water partition coefficient (Wildman–Crippen LogP) is 5.43. The Kier molecular flexibility index (Phi) is 6.01. The van der Waals surface area contributed by atoms with Gasteiger partial charge in [0.15, 0.2) is 6.10 Å². The first-order valence-corrected chi connectivity index (χ1v) is 11.4. The third-order valence-electron chi connectivity index (χ3n) is 6.00. The molecule has 1 aliphatic rings. The van der Waals surface area contributed by atoms with Crippen molar-refractivity contribution < 1.29 is 19.4 Å². The molecular weight excluding hydrogens is 442 g/mol. The Labute approximate surface area is 197 Å². The largest absolute Gasteiger partial charge is 0.493 e. The van der Waals surface area contributed by atoms with Crippen LogP contribution in [0.4, 0.5) is 0 Å². The zero-order valence-corrected chi connectivity index (χ0v) is 20.2. The molecule has 1 unspecified atom stereocenters. The maximum Gasteiger partial charge on any atom is 0.339 e. The van der Waals surface area contributed by atoms with Gasteiger partial charge in [-0.1, -0.05) is 23.7 Å². The summed E-state index contributed by atoms with van der Waals surface area (Å²) in [5.41, 5.74) is 2.84. The van der Waals surface area contributed by atoms with E-state index in [9.17, 15) is 14.7 Å². The molecule has 174 valence electrons. The van der Waals surface area contributed by atoms with Crippen molar-refractivity contribution in [3.8, 4) is 16.9 Å². The number of benzene rings is 2. The van der Waals surface area contributed by atoms with Crippen LogP contribution in [0.15, 0.2) is 35.1 Å². The number of carboxylic acids is 1. The standard InChI is InChI=1S/C26H28ClNO5/c1-14-16-7-6-12-32-20(16)11-10-17(14)21-18-9-8-15(27)13-19(18)24(29)28(5)22(21)23(25(30)31)33-26(2,3)4/h8-11,13,23H,6-7,12H2,1-5H3,(H,30,31). The number of aromatic nitrogens is 1. The van der Waals surface area contributed by atoms with E-state index in [1.165, 1.54) is 4.57 Å². The highest BCUT2D eigenvalue weighted by molar-refractivity contribution is 6.31. The van der Waals surface area contributed by atoms with E-state index >= 15 is 0 Å². The van der Waals surface area contributed by atoms with Crippen LogP contribution in [-0.4, -0.2) is 27.9 Å². The molecule has 2 heterocycles. The number of hydrogen-bond acceptors (Lipinski definition) is 4. The van der Waals surface area contributed by atoms with Crippen LogP contribution < -0.4 is 10.3 Å². The van der Waals surface area contributed by atoms with Crippen molar-refractivity contribution in [3.63, 3.8) is 0 Å². The second kappa shape index (κ2) is 8.50. The Balaban J connectivity index is 2.14. The highest BCUT2D eigenvalue weighted by atomic mass is 35.5. The van der Waals surface area contributed by atoms with Crippen LogP contribution in [-0.2, 0) is 23.0 Å². The molecule has 1 N–H and O–H groups in total. The van der Waals surface area contributed by atoms with Gasteiger partial charge in [0.25, 0.3) is 5.56 Å². The van der Waals surface area contributed by atoms with Crippen LogP contribution in [0, 0.1) is 6.92 Å². The average Bonchev–Trinajstić information content (AvgIpc) is 2.75. The summed E-state index contributed by atoms with van der Waals surface area (Å²) in [6.07, 6.45) is 0.448. The minimum atomic E-state index is -1.34. The maximum absolute atomic E-state index is 13.3. The Morgan fingerprint density at radius 3 is 2.61 bits per heavy atom. The number of carbonyl (C=O) groups is 1. The lowest BCUT2D eigenvalue weighted by Gasteiger charge is -2.29. The van der Waals surface area contributed by atoms with E-state index in [2.05, 4.69) is 0 Å². The molecule has 1 aliphatic heterocycles. The van der Waals surface area contributed by atoms with Crippen molar-refractivity contribution in [2.45, 2.75) is 52.2 Å². The molecule has 7 heteroatoms. The molecule has 0 aliphatic carbocycles. The summed E-state index contributed by atoms with van der Waals surface area (Å²) >= 11 is 6.22. The Bertz CT molecular complexity index is 1320. The number of ether oxygens (including phenoxy) is 2. The van der Waals surface area contributed by atoms with Crippen molar-refractivity contribution in [2.24, 2.45) is 7.05 Å². The molecule has 0 bridgehead atoms. The number of carboxylic acid groups (broad SMARTS) is 1. The molecule has 3 aromatic rings. The molecule has 6 nitrogen and oxygen atoms in total. The smallest absolute Gasteiger partial charge is 0.339 e. The summed E-state index contributed by atoms with van der Waals surface area (Å²) in [6.45, 7) is 8.08. The fourth-order valence-corrected chi connectivity index (χ4v) is 4.73. The molecular formula is C26H28ClNO5. The van der Waals surface area contributed by atoms with E-state index in [1.807, 2.05) is 19.1 Å². The molecule has 4 rings (SSSR count). The Morgan fingerprint density at radius 1 is 1.21 bits per heavy atom. The van der Waals surface area contributed by atoms with Gasteiger partial charge in [0, 0.05) is 23.0 Å². The van der Waals surface area contributed by atoms with Crippen molar-refractivity contribution in [2.75, 3.05) is 6.61 Å². The quantitative estimate of drug-likeness (QED) is 0.551. The van der Waals surface area contributed by atoms with E-state index in [-0.39, 0.29) is 5.56 Å². The molecule has 0 amide bonds. The van der Waals surface area contributed by atoms with Crippen LogP contribution in [0.1, 0.15) is 50.1 Å². The van der Waals surface area contributed by atoms with Gasteiger partial charge in [-0.15, -0.1) is 0 Å². The molecule has 0 fully saturated rings. The summed E-state index contributed by atoms with van der Waals surface area (Å²) < 4.78 is 13.2. The number of fused-ring (bicyclic) bond motifs is 2. The lowest BCUT2D eigenvalue weighted by molar-refractivity contribution is -0.161. The monoisotopic (exact) mass is 469 g/mol. The van der Waals surface area contributed by atoms with Crippen LogP contribution in [0.25, 0.3) is 21.9 Å². The Hall–Kier alpha value is -2.83. The zero-order chi connectivity index (χ0) is 24.1. The minimum Gasteiger partial charge on any atom is -0.493 e. The minimum absolute atomic E-state index is 0.303. The van der Waals surface area contributed by atoms with E-state index in [0.29, 0.717) is 33.7 Å². The first-order chi connectivity index (χ1) is 15.5. The topological polar surface area (TPSA) is 77.8 Å². The fourth-order valence-electron chi connectivity index (χ4n) is 4.55. The number of pyridine rings is 1. The molecule has 0 saturated heterocycles. The van der Waals surface area contributed by atoms with Gasteiger partial charge in [-0.2, -0.15) is 0 Å². The van der Waals surface area contributed by atoms with Gasteiger partial charge in [0.2, 0.25) is 0 Å². The van der Waals surface area contributed by atoms with Crippen molar-refractivity contribution in [3.05, 3.63) is 62.5 Å². The summed E-state index contributed by atoms with van der Waals surface area (Å²) in [5.74, 6) is -0.310. The normalized spacial score (nSPS) is 14.6. The highest BCUT2D eigenvalue weighted by Crippen LogP contribution is 2.41. The number of halogens is 1. The number of nitrogens with zero attached hydrogens (tertiary/aromatic N) is 1. The van der Waals surface area contributed by atoms with Gasteiger partial charge < -0.3 is 19.1 Å². The fraction of sp³-hybridized carbons (Fsp3) is 0.385. The van der Waals surface area contributed by atoms with Gasteiger partial charge in [0.05, 0.1) is 17.9 Å². The van der Waals surface area contributed by atoms with E-state index in [0.717, 1.165) is 35.3 Å². The van der Waals surface area contributed by atoms with Crippen molar-refractivity contribution in [1.82, 2.24) is 4.57 Å². The molecule has 0 radical (unpaired) electrons. The number of hydrogen-bond donors (Lipinski definition) is 1. The predicted molar refractivity (Wildman–Crippen MR) is 129 cm³/mol. The lowest BCUT2D eigenvalue weighted by Crippen LogP contribution is -2.33. The van der Waals surface area contributed by atoms with Gasteiger partial charge in [0.1, 0.15) is 5.75 Å². The second-order valence-electron chi connectivity index (χ2n) is 9.43. The molecule has 0 saturated carbocycles. The maximum atomic E-state index is 13.3. The molecule has 2 aromatic carbocycles. The SMILES string of the molecule is Cc1c(-c2c(C(OC(C)(C)C)C(=O)O)n(C)c(=O)c3cc(Cl)ccc23)ccc2c1CCCO2. The van der Waals surface area contributed by atoms with Gasteiger partial charge in [-0.05, 0) is 80.8 Å². The van der Waals surface area contributed by atoms with Crippen LogP contribution >= 0.6 is 11.6 Å². The molecule has 1 aromatic heterocycles. The summed E-state index contributed by atoms with van der Waals surface area (Å²) in [7, 11) is 1.58. The first kappa shape index (κ1) is 23.3. The van der Waals surface area contributed by atoms with Crippen LogP contribution in [0.2, 0.25) is 5.02 Å². The Morgan fingerprint density at radius 2 is 1.94 bits per heavy atom. The zero-order valence-electron chi connectivity index (χ0n) is 19.5. The number of aliphatic carboxylic acids is 1. The number of rotatable bonds is 4. The van der Waals surface area contributed by atoms with Crippen LogP contribution in [0.3, 0.4) is 0 Å². The first-order valence-electron chi connectivity index (χ1n) is 11.0. The molecule has 33 heavy (non-hydrogen) atoms. The van der Waals surface area contributed by atoms with E-state index in [1.54, 1.807) is 46.0 Å². The third-order valence-corrected chi connectivity index (χ3v) is 6.24.